The van der Waals surface area contributed by atoms with Crippen LogP contribution in [0, 0.1) is 5.92 Å². The minimum Gasteiger partial charge on any atom is -0.273 e. The Labute approximate surface area is 166 Å². The Balaban J connectivity index is 1.89. The van der Waals surface area contributed by atoms with Gasteiger partial charge in [-0.05, 0) is 30.7 Å². The zero-order valence-electron chi connectivity index (χ0n) is 16.2. The number of amides is 4. The number of hydrogen-bond donors (Lipinski definition) is 0. The molecule has 1 fully saturated rings. The molecular formula is C23H26N2O3. The van der Waals surface area contributed by atoms with Crippen molar-refractivity contribution < 1.29 is 14.4 Å². The average Bonchev–Trinajstić information content (AvgIpc) is 2.72. The fourth-order valence-corrected chi connectivity index (χ4v) is 3.53. The van der Waals surface area contributed by atoms with E-state index in [2.05, 4.69) is 6.92 Å². The molecule has 3 rings (SSSR count). The lowest BCUT2D eigenvalue weighted by molar-refractivity contribution is -0.133. The van der Waals surface area contributed by atoms with Crippen LogP contribution in [-0.2, 0) is 9.59 Å². The molecule has 28 heavy (non-hydrogen) atoms. The zero-order valence-corrected chi connectivity index (χ0v) is 16.2. The molecule has 2 aromatic carbocycles. The molecule has 4 amide bonds. The van der Waals surface area contributed by atoms with Crippen molar-refractivity contribution in [3.63, 3.8) is 0 Å². The van der Waals surface area contributed by atoms with Gasteiger partial charge in [-0.1, -0.05) is 75.4 Å². The summed E-state index contributed by atoms with van der Waals surface area (Å²) in [6.45, 7) is 2.15. The number of carbonyl (C=O) groups excluding carboxylic acids is 3. The quantitative estimate of drug-likeness (QED) is 0.471. The van der Waals surface area contributed by atoms with E-state index in [0.717, 1.165) is 41.9 Å². The number of urea groups is 1. The van der Waals surface area contributed by atoms with E-state index in [1.54, 1.807) is 48.5 Å². The van der Waals surface area contributed by atoms with E-state index in [-0.39, 0.29) is 0 Å². The average molecular weight is 378 g/mol. The fourth-order valence-electron chi connectivity index (χ4n) is 3.53. The Hall–Kier alpha value is -2.95. The molecule has 0 aromatic heterocycles. The molecule has 0 aliphatic carbocycles. The Bertz CT molecular complexity index is 759. The molecule has 2 aromatic rings. The second kappa shape index (κ2) is 9.31. The number of carbonyl (C=O) groups is 3. The number of rotatable bonds is 8. The third kappa shape index (κ3) is 4.14. The summed E-state index contributed by atoms with van der Waals surface area (Å²) in [6, 6.07) is 17.0. The molecule has 1 saturated heterocycles. The highest BCUT2D eigenvalue weighted by Gasteiger charge is 2.46. The summed E-state index contributed by atoms with van der Waals surface area (Å²) in [6.07, 6.45) is 5.62. The molecule has 1 heterocycles. The molecule has 0 N–H and O–H groups in total. The number of nitrogens with zero attached hydrogens (tertiary/aromatic N) is 2. The topological polar surface area (TPSA) is 57.7 Å². The Morgan fingerprint density at radius 2 is 1.14 bits per heavy atom. The minimum atomic E-state index is -0.834. The molecule has 0 bridgehead atoms. The summed E-state index contributed by atoms with van der Waals surface area (Å²) in [5.74, 6) is -1.69. The molecule has 0 unspecified atom stereocenters. The number of unbranched alkanes of at least 4 members (excludes halogenated alkanes) is 4. The zero-order chi connectivity index (χ0) is 19.9. The highest BCUT2D eigenvalue weighted by atomic mass is 16.2. The molecular weight excluding hydrogens is 352 g/mol. The predicted molar refractivity (Wildman–Crippen MR) is 110 cm³/mol. The first-order valence-corrected chi connectivity index (χ1v) is 9.97. The van der Waals surface area contributed by atoms with Gasteiger partial charge in [0.25, 0.3) is 0 Å². The number of barbiturate groups is 1. The van der Waals surface area contributed by atoms with Crippen LogP contribution in [0.2, 0.25) is 0 Å². The van der Waals surface area contributed by atoms with Crippen molar-refractivity contribution in [1.29, 1.82) is 0 Å². The minimum absolute atomic E-state index is 0.427. The second-order valence-corrected chi connectivity index (χ2v) is 7.06. The number of benzene rings is 2. The molecule has 0 atom stereocenters. The standard InChI is InChI=1S/C23H26N2O3/c1-2-3-4-5-12-17-20-21(26)24(18-13-8-6-9-14-18)23(28)25(22(20)27)19-15-10-7-11-16-19/h6-11,13-16,20H,2-5,12,17H2,1H3. The maximum absolute atomic E-state index is 13.1. The highest BCUT2D eigenvalue weighted by Crippen LogP contribution is 2.30. The summed E-state index contributed by atoms with van der Waals surface area (Å²) < 4.78 is 0. The van der Waals surface area contributed by atoms with E-state index in [1.165, 1.54) is 0 Å². The molecule has 5 nitrogen and oxygen atoms in total. The van der Waals surface area contributed by atoms with Gasteiger partial charge < -0.3 is 0 Å². The lowest BCUT2D eigenvalue weighted by Crippen LogP contribution is -2.60. The van der Waals surface area contributed by atoms with Gasteiger partial charge in [-0.3, -0.25) is 9.59 Å². The maximum atomic E-state index is 13.1. The molecule has 0 spiro atoms. The fraction of sp³-hybridized carbons (Fsp3) is 0.348. The highest BCUT2D eigenvalue weighted by molar-refractivity contribution is 6.36. The molecule has 1 aliphatic heterocycles. The number of anilines is 2. The van der Waals surface area contributed by atoms with Crippen LogP contribution < -0.4 is 9.80 Å². The summed E-state index contributed by atoms with van der Waals surface area (Å²) >= 11 is 0. The normalized spacial score (nSPS) is 15.4. The molecule has 146 valence electrons. The Kier molecular flexibility index (Phi) is 6.58. The van der Waals surface area contributed by atoms with Gasteiger partial charge in [-0.25, -0.2) is 14.6 Å². The molecule has 0 radical (unpaired) electrons. The van der Waals surface area contributed by atoms with Gasteiger partial charge in [0.1, 0.15) is 5.92 Å². The van der Waals surface area contributed by atoms with Crippen molar-refractivity contribution in [3.8, 4) is 0 Å². The number of hydrogen-bond acceptors (Lipinski definition) is 3. The largest absolute Gasteiger partial charge is 0.342 e. The summed E-state index contributed by atoms with van der Waals surface area (Å²) in [5.41, 5.74) is 0.976. The van der Waals surface area contributed by atoms with Crippen LogP contribution in [0.4, 0.5) is 16.2 Å². The van der Waals surface area contributed by atoms with Gasteiger partial charge in [0.15, 0.2) is 0 Å². The van der Waals surface area contributed by atoms with E-state index >= 15 is 0 Å². The maximum Gasteiger partial charge on any atom is 0.342 e. The third-order valence-corrected chi connectivity index (χ3v) is 5.04. The van der Waals surface area contributed by atoms with Crippen LogP contribution in [-0.4, -0.2) is 17.8 Å². The first kappa shape index (κ1) is 19.8. The van der Waals surface area contributed by atoms with Crippen LogP contribution in [0.5, 0.6) is 0 Å². The first-order valence-electron chi connectivity index (χ1n) is 9.97. The van der Waals surface area contributed by atoms with Crippen LogP contribution >= 0.6 is 0 Å². The van der Waals surface area contributed by atoms with Gasteiger partial charge in [0.05, 0.1) is 11.4 Å². The van der Waals surface area contributed by atoms with Gasteiger partial charge in [0.2, 0.25) is 11.8 Å². The molecule has 1 aliphatic rings. The second-order valence-electron chi connectivity index (χ2n) is 7.06. The smallest absolute Gasteiger partial charge is 0.273 e. The molecule has 5 heteroatoms. The summed E-state index contributed by atoms with van der Waals surface area (Å²) in [4.78, 5) is 41.6. The molecule has 0 saturated carbocycles. The Morgan fingerprint density at radius 3 is 1.61 bits per heavy atom. The lowest BCUT2D eigenvalue weighted by Gasteiger charge is -2.37. The van der Waals surface area contributed by atoms with Gasteiger partial charge in [0, 0.05) is 0 Å². The van der Waals surface area contributed by atoms with Crippen molar-refractivity contribution in [3.05, 3.63) is 60.7 Å². The van der Waals surface area contributed by atoms with E-state index in [0.29, 0.717) is 17.8 Å². The van der Waals surface area contributed by atoms with Crippen molar-refractivity contribution in [2.24, 2.45) is 5.92 Å². The van der Waals surface area contributed by atoms with Crippen molar-refractivity contribution >= 4 is 29.2 Å². The lowest BCUT2D eigenvalue weighted by atomic mass is 9.95. The Morgan fingerprint density at radius 1 is 0.679 bits per heavy atom. The van der Waals surface area contributed by atoms with Gasteiger partial charge in [-0.15, -0.1) is 0 Å². The van der Waals surface area contributed by atoms with Gasteiger partial charge >= 0.3 is 6.03 Å². The monoisotopic (exact) mass is 378 g/mol. The van der Waals surface area contributed by atoms with E-state index in [4.69, 9.17) is 0 Å². The third-order valence-electron chi connectivity index (χ3n) is 5.04. The SMILES string of the molecule is CCCCCCCC1C(=O)N(c2ccccc2)C(=O)N(c2ccccc2)C1=O. The van der Waals surface area contributed by atoms with Crippen molar-refractivity contribution in [2.75, 3.05) is 9.80 Å². The van der Waals surface area contributed by atoms with Crippen LogP contribution in [0.15, 0.2) is 60.7 Å². The number of para-hydroxylation sites is 2. The van der Waals surface area contributed by atoms with E-state index in [9.17, 15) is 14.4 Å². The van der Waals surface area contributed by atoms with Gasteiger partial charge in [-0.2, -0.15) is 0 Å². The number of imide groups is 2. The van der Waals surface area contributed by atoms with E-state index in [1.807, 2.05) is 12.1 Å². The van der Waals surface area contributed by atoms with Crippen molar-refractivity contribution in [2.45, 2.75) is 45.4 Å². The summed E-state index contributed by atoms with van der Waals surface area (Å²) in [5, 5.41) is 0. The predicted octanol–water partition coefficient (Wildman–Crippen LogP) is 5.16. The van der Waals surface area contributed by atoms with Crippen LogP contribution in [0.1, 0.15) is 45.4 Å². The summed E-state index contributed by atoms with van der Waals surface area (Å²) in [7, 11) is 0. The first-order chi connectivity index (χ1) is 13.6. The van der Waals surface area contributed by atoms with Crippen LogP contribution in [0.3, 0.4) is 0 Å². The van der Waals surface area contributed by atoms with Crippen LogP contribution in [0.25, 0.3) is 0 Å². The van der Waals surface area contributed by atoms with E-state index < -0.39 is 23.8 Å². The van der Waals surface area contributed by atoms with Crippen molar-refractivity contribution in [1.82, 2.24) is 0 Å².